The van der Waals surface area contributed by atoms with Gasteiger partial charge in [0.05, 0.1) is 11.5 Å². The number of hydrogen-bond donors (Lipinski definition) is 1. The number of ether oxygens (including phenoxy) is 1. The maximum absolute atomic E-state index is 5.02. The summed E-state index contributed by atoms with van der Waals surface area (Å²) in [5, 5.41) is 9.95. The minimum Gasteiger partial charge on any atom is -0.383 e. The highest BCUT2D eigenvalue weighted by Gasteiger charge is 2.11. The van der Waals surface area contributed by atoms with Crippen molar-refractivity contribution >= 4 is 27.3 Å². The molecule has 0 aliphatic carbocycles. The first-order chi connectivity index (χ1) is 8.70. The fourth-order valence-electron chi connectivity index (χ4n) is 1.71. The molecule has 4 nitrogen and oxygen atoms in total. The predicted molar refractivity (Wildman–Crippen MR) is 77.8 cm³/mol. The average molecular weight is 330 g/mol. The summed E-state index contributed by atoms with van der Waals surface area (Å²) in [4.78, 5) is 1.19. The molecule has 0 saturated heterocycles. The third-order valence-electron chi connectivity index (χ3n) is 2.50. The maximum Gasteiger partial charge on any atom is 0.107 e. The quantitative estimate of drug-likeness (QED) is 0.828. The number of aryl methyl sites for hydroxylation is 1. The summed E-state index contributed by atoms with van der Waals surface area (Å²) in [6, 6.07) is 2.10. The van der Waals surface area contributed by atoms with Crippen LogP contribution in [0.25, 0.3) is 10.6 Å². The van der Waals surface area contributed by atoms with E-state index in [0.29, 0.717) is 0 Å². The molecule has 0 radical (unpaired) electrons. The highest BCUT2D eigenvalue weighted by Crippen LogP contribution is 2.30. The summed E-state index contributed by atoms with van der Waals surface area (Å²) >= 11 is 5.18. The number of halogens is 1. The summed E-state index contributed by atoms with van der Waals surface area (Å²) in [5.74, 6) is 0. The van der Waals surface area contributed by atoms with Gasteiger partial charge >= 0.3 is 0 Å². The van der Waals surface area contributed by atoms with Crippen molar-refractivity contribution in [2.75, 3.05) is 20.3 Å². The molecular weight excluding hydrogens is 314 g/mol. The van der Waals surface area contributed by atoms with Crippen LogP contribution in [0.1, 0.15) is 5.56 Å². The smallest absolute Gasteiger partial charge is 0.107 e. The number of rotatable bonds is 6. The Morgan fingerprint density at radius 1 is 1.56 bits per heavy atom. The topological polar surface area (TPSA) is 39.1 Å². The third kappa shape index (κ3) is 3.41. The molecule has 18 heavy (non-hydrogen) atoms. The Kier molecular flexibility index (Phi) is 4.94. The molecule has 2 aromatic rings. The Bertz CT molecular complexity index is 509. The normalized spacial score (nSPS) is 11.1. The second-order valence-corrected chi connectivity index (χ2v) is 5.80. The van der Waals surface area contributed by atoms with Crippen molar-refractivity contribution < 1.29 is 4.74 Å². The van der Waals surface area contributed by atoms with E-state index in [4.69, 9.17) is 4.74 Å². The second kappa shape index (κ2) is 6.47. The lowest BCUT2D eigenvalue weighted by molar-refractivity contribution is 0.199. The van der Waals surface area contributed by atoms with Gasteiger partial charge < -0.3 is 10.1 Å². The first kappa shape index (κ1) is 13.7. The zero-order chi connectivity index (χ0) is 13.0. The molecule has 98 valence electrons. The summed E-state index contributed by atoms with van der Waals surface area (Å²) in [6.07, 6.45) is 2.06. The number of nitrogens with one attached hydrogen (secondary N) is 1. The van der Waals surface area contributed by atoms with Gasteiger partial charge in [0.25, 0.3) is 0 Å². The van der Waals surface area contributed by atoms with E-state index in [1.807, 2.05) is 11.7 Å². The zero-order valence-electron chi connectivity index (χ0n) is 10.4. The molecule has 0 unspecified atom stereocenters. The van der Waals surface area contributed by atoms with Crippen molar-refractivity contribution in [3.05, 3.63) is 27.7 Å². The number of hydrogen-bond acceptors (Lipinski definition) is 4. The van der Waals surface area contributed by atoms with Crippen LogP contribution in [-0.4, -0.2) is 30.0 Å². The van der Waals surface area contributed by atoms with E-state index in [-0.39, 0.29) is 0 Å². The van der Waals surface area contributed by atoms with Gasteiger partial charge in [0.15, 0.2) is 0 Å². The van der Waals surface area contributed by atoms with Crippen LogP contribution in [0, 0.1) is 0 Å². The fraction of sp³-hybridized carbons (Fsp3) is 0.417. The van der Waals surface area contributed by atoms with Crippen LogP contribution >= 0.6 is 27.3 Å². The Morgan fingerprint density at radius 2 is 2.39 bits per heavy atom. The molecule has 1 N–H and O–H groups in total. The van der Waals surface area contributed by atoms with E-state index in [2.05, 4.69) is 44.0 Å². The standard InChI is InChI=1S/C12H16BrN3OS/c1-16-7-9(6-14-3-4-17-2)12(15-16)11-5-10(13)8-18-11/h5,7-8,14H,3-4,6H2,1-2H3. The average Bonchev–Trinajstić information content (AvgIpc) is 2.91. The lowest BCUT2D eigenvalue weighted by Gasteiger charge is -2.03. The van der Waals surface area contributed by atoms with Gasteiger partial charge in [-0.2, -0.15) is 5.10 Å². The third-order valence-corrected chi connectivity index (χ3v) is 4.20. The van der Waals surface area contributed by atoms with Crippen LogP contribution < -0.4 is 5.32 Å². The first-order valence-corrected chi connectivity index (χ1v) is 7.34. The van der Waals surface area contributed by atoms with Gasteiger partial charge in [-0.3, -0.25) is 4.68 Å². The lowest BCUT2D eigenvalue weighted by atomic mass is 10.2. The van der Waals surface area contributed by atoms with E-state index >= 15 is 0 Å². The number of thiophene rings is 1. The van der Waals surface area contributed by atoms with E-state index in [1.54, 1.807) is 18.4 Å². The highest BCUT2D eigenvalue weighted by atomic mass is 79.9. The van der Waals surface area contributed by atoms with Crippen LogP contribution in [0.3, 0.4) is 0 Å². The van der Waals surface area contributed by atoms with Crippen molar-refractivity contribution in [1.29, 1.82) is 0 Å². The van der Waals surface area contributed by atoms with Crippen LogP contribution in [0.2, 0.25) is 0 Å². The molecule has 6 heteroatoms. The molecule has 0 aliphatic rings. The Hall–Kier alpha value is -0.690. The molecule has 0 fully saturated rings. The monoisotopic (exact) mass is 329 g/mol. The maximum atomic E-state index is 5.02. The minimum absolute atomic E-state index is 0.722. The molecule has 2 rings (SSSR count). The Morgan fingerprint density at radius 3 is 3.06 bits per heavy atom. The first-order valence-electron chi connectivity index (χ1n) is 5.67. The van der Waals surface area contributed by atoms with Crippen LogP contribution in [0.15, 0.2) is 22.1 Å². The molecule has 0 saturated carbocycles. The van der Waals surface area contributed by atoms with Crippen molar-refractivity contribution in [2.24, 2.45) is 7.05 Å². The van der Waals surface area contributed by atoms with E-state index in [9.17, 15) is 0 Å². The zero-order valence-corrected chi connectivity index (χ0v) is 12.8. The summed E-state index contributed by atoms with van der Waals surface area (Å²) < 4.78 is 7.98. The number of methoxy groups -OCH3 is 1. The lowest BCUT2D eigenvalue weighted by Crippen LogP contribution is -2.18. The predicted octanol–water partition coefficient (Wildman–Crippen LogP) is 2.65. The van der Waals surface area contributed by atoms with Crippen LogP contribution in [-0.2, 0) is 18.3 Å². The second-order valence-electron chi connectivity index (χ2n) is 3.98. The molecule has 2 heterocycles. The van der Waals surface area contributed by atoms with Gasteiger partial charge in [0.2, 0.25) is 0 Å². The largest absolute Gasteiger partial charge is 0.383 e. The van der Waals surface area contributed by atoms with Crippen molar-refractivity contribution in [2.45, 2.75) is 6.54 Å². The number of aromatic nitrogens is 2. The molecule has 2 aromatic heterocycles. The number of nitrogens with zero attached hydrogens (tertiary/aromatic N) is 2. The SMILES string of the molecule is COCCNCc1cn(C)nc1-c1cc(Br)cs1. The van der Waals surface area contributed by atoms with Gasteiger partial charge in [-0.15, -0.1) is 11.3 Å². The summed E-state index contributed by atoms with van der Waals surface area (Å²) in [5.41, 5.74) is 2.26. The minimum atomic E-state index is 0.722. The van der Waals surface area contributed by atoms with Gasteiger partial charge in [0.1, 0.15) is 5.69 Å². The summed E-state index contributed by atoms with van der Waals surface area (Å²) in [6.45, 7) is 2.38. The van der Waals surface area contributed by atoms with Gasteiger partial charge in [0, 0.05) is 48.9 Å². The molecule has 0 aliphatic heterocycles. The van der Waals surface area contributed by atoms with Crippen molar-refractivity contribution in [1.82, 2.24) is 15.1 Å². The Balaban J connectivity index is 2.10. The van der Waals surface area contributed by atoms with Gasteiger partial charge in [-0.25, -0.2) is 0 Å². The van der Waals surface area contributed by atoms with Gasteiger partial charge in [-0.05, 0) is 22.0 Å². The van der Waals surface area contributed by atoms with Crippen molar-refractivity contribution in [3.8, 4) is 10.6 Å². The fourth-order valence-corrected chi connectivity index (χ4v) is 3.16. The molecule has 0 amide bonds. The molecule has 0 bridgehead atoms. The molecule has 0 aromatic carbocycles. The molecule has 0 atom stereocenters. The molecule has 0 spiro atoms. The van der Waals surface area contributed by atoms with E-state index in [0.717, 1.165) is 29.9 Å². The van der Waals surface area contributed by atoms with Crippen LogP contribution in [0.5, 0.6) is 0 Å². The van der Waals surface area contributed by atoms with E-state index in [1.165, 1.54) is 10.4 Å². The van der Waals surface area contributed by atoms with Gasteiger partial charge in [-0.1, -0.05) is 0 Å². The van der Waals surface area contributed by atoms with Crippen LogP contribution in [0.4, 0.5) is 0 Å². The van der Waals surface area contributed by atoms with Crippen molar-refractivity contribution in [3.63, 3.8) is 0 Å². The molecular formula is C12H16BrN3OS. The Labute approximate surface area is 119 Å². The summed E-state index contributed by atoms with van der Waals surface area (Å²) in [7, 11) is 3.66. The highest BCUT2D eigenvalue weighted by molar-refractivity contribution is 9.10. The van der Waals surface area contributed by atoms with E-state index < -0.39 is 0 Å².